The van der Waals surface area contributed by atoms with Crippen molar-refractivity contribution in [1.29, 1.82) is 0 Å². The monoisotopic (exact) mass is 376 g/mol. The van der Waals surface area contributed by atoms with E-state index < -0.39 is 0 Å². The Balaban J connectivity index is 2.03. The number of rotatable bonds is 13. The van der Waals surface area contributed by atoms with Crippen molar-refractivity contribution in [3.8, 4) is 11.5 Å². The van der Waals surface area contributed by atoms with E-state index in [1.54, 1.807) is 0 Å². The highest BCUT2D eigenvalue weighted by atomic mass is 35.5. The largest absolute Gasteiger partial charge is 0.493 e. The van der Waals surface area contributed by atoms with Gasteiger partial charge in [0.2, 0.25) is 0 Å². The molecule has 0 fully saturated rings. The molecule has 2 aromatic carbocycles. The third-order valence-electron chi connectivity index (χ3n) is 4.90. The number of fused-ring (bicyclic) bond motifs is 1. The molecule has 0 saturated carbocycles. The van der Waals surface area contributed by atoms with Crippen molar-refractivity contribution >= 4 is 22.4 Å². The van der Waals surface area contributed by atoms with Gasteiger partial charge < -0.3 is 9.47 Å². The van der Waals surface area contributed by atoms with Crippen molar-refractivity contribution in [2.75, 3.05) is 19.1 Å². The quantitative estimate of drug-likeness (QED) is 0.271. The molecule has 3 heteroatoms. The van der Waals surface area contributed by atoms with Crippen molar-refractivity contribution in [3.63, 3.8) is 0 Å². The Kier molecular flexibility index (Phi) is 9.70. The van der Waals surface area contributed by atoms with Crippen LogP contribution >= 0.6 is 11.6 Å². The molecule has 0 radical (unpaired) electrons. The van der Waals surface area contributed by atoms with Crippen LogP contribution in [0.4, 0.5) is 0 Å². The fourth-order valence-electron chi connectivity index (χ4n) is 3.16. The normalized spacial score (nSPS) is 12.3. The van der Waals surface area contributed by atoms with Gasteiger partial charge in [-0.2, -0.15) is 0 Å². The van der Waals surface area contributed by atoms with Gasteiger partial charge in [0.05, 0.1) is 13.2 Å². The molecule has 144 valence electrons. The smallest absolute Gasteiger partial charge is 0.127 e. The average Bonchev–Trinajstić information content (AvgIpc) is 2.68. The van der Waals surface area contributed by atoms with Crippen molar-refractivity contribution in [1.82, 2.24) is 0 Å². The number of unbranched alkanes of at least 4 members (excludes halogenated alkanes) is 3. The lowest BCUT2D eigenvalue weighted by Crippen LogP contribution is -2.11. The Morgan fingerprint density at radius 3 is 2.15 bits per heavy atom. The van der Waals surface area contributed by atoms with Gasteiger partial charge in [-0.1, -0.05) is 57.4 Å². The lowest BCUT2D eigenvalue weighted by Gasteiger charge is -2.18. The predicted octanol–water partition coefficient (Wildman–Crippen LogP) is 7.22. The molecule has 0 aromatic heterocycles. The Morgan fingerprint density at radius 1 is 0.846 bits per heavy atom. The van der Waals surface area contributed by atoms with Crippen LogP contribution in [0.1, 0.15) is 58.8 Å². The van der Waals surface area contributed by atoms with Crippen molar-refractivity contribution in [2.24, 2.45) is 5.92 Å². The van der Waals surface area contributed by atoms with E-state index in [4.69, 9.17) is 21.1 Å². The fraction of sp³-hybridized carbons (Fsp3) is 0.565. The van der Waals surface area contributed by atoms with Crippen LogP contribution in [0.2, 0.25) is 0 Å². The van der Waals surface area contributed by atoms with Gasteiger partial charge in [0.15, 0.2) is 0 Å². The molecule has 0 heterocycles. The summed E-state index contributed by atoms with van der Waals surface area (Å²) in [5.74, 6) is 3.26. The van der Waals surface area contributed by atoms with Gasteiger partial charge in [0.1, 0.15) is 11.5 Å². The van der Waals surface area contributed by atoms with Crippen LogP contribution < -0.4 is 9.47 Å². The second-order valence-electron chi connectivity index (χ2n) is 6.93. The van der Waals surface area contributed by atoms with Crippen LogP contribution in [0.3, 0.4) is 0 Å². The standard InChI is InChI=1S/C23H33ClO2/c1-3-5-11-19(4-2)18-26-23-15-14-22(25-17-10-6-9-16-24)20-12-7-8-13-21(20)23/h7-8,12-15,19H,3-6,9-11,16-18H2,1-2H3. The number of alkyl halides is 1. The van der Waals surface area contributed by atoms with Crippen LogP contribution in [-0.4, -0.2) is 19.1 Å². The van der Waals surface area contributed by atoms with Gasteiger partial charge >= 0.3 is 0 Å². The van der Waals surface area contributed by atoms with Crippen molar-refractivity contribution in [3.05, 3.63) is 36.4 Å². The second-order valence-corrected chi connectivity index (χ2v) is 7.31. The zero-order chi connectivity index (χ0) is 18.6. The first kappa shape index (κ1) is 20.9. The predicted molar refractivity (Wildman–Crippen MR) is 113 cm³/mol. The summed E-state index contributed by atoms with van der Waals surface area (Å²) in [4.78, 5) is 0. The van der Waals surface area contributed by atoms with E-state index in [2.05, 4.69) is 44.2 Å². The average molecular weight is 377 g/mol. The maximum Gasteiger partial charge on any atom is 0.127 e. The van der Waals surface area contributed by atoms with E-state index in [0.29, 0.717) is 5.92 Å². The third kappa shape index (κ3) is 6.39. The molecule has 0 aliphatic rings. The molecule has 0 N–H and O–H groups in total. The number of ether oxygens (including phenoxy) is 2. The molecule has 26 heavy (non-hydrogen) atoms. The number of hydrogen-bond donors (Lipinski definition) is 0. The van der Waals surface area contributed by atoms with Crippen LogP contribution in [0.15, 0.2) is 36.4 Å². The molecule has 1 unspecified atom stereocenters. The first-order valence-electron chi connectivity index (χ1n) is 10.1. The first-order chi connectivity index (χ1) is 12.8. The van der Waals surface area contributed by atoms with E-state index in [1.165, 1.54) is 25.7 Å². The van der Waals surface area contributed by atoms with Crippen LogP contribution in [0.25, 0.3) is 10.8 Å². The number of hydrogen-bond acceptors (Lipinski definition) is 2. The molecule has 0 amide bonds. The molecule has 0 aliphatic carbocycles. The summed E-state index contributed by atoms with van der Waals surface area (Å²) in [5, 5.41) is 2.26. The van der Waals surface area contributed by atoms with Crippen LogP contribution in [-0.2, 0) is 0 Å². The summed E-state index contributed by atoms with van der Waals surface area (Å²) in [5.41, 5.74) is 0. The van der Waals surface area contributed by atoms with E-state index in [-0.39, 0.29) is 0 Å². The topological polar surface area (TPSA) is 18.5 Å². The summed E-state index contributed by atoms with van der Waals surface area (Å²) >= 11 is 5.73. The molecule has 2 nitrogen and oxygen atoms in total. The number of halogens is 1. The van der Waals surface area contributed by atoms with Gasteiger partial charge in [0, 0.05) is 16.7 Å². The second kappa shape index (κ2) is 12.1. The maximum absolute atomic E-state index is 6.21. The molecule has 0 bridgehead atoms. The number of benzene rings is 2. The minimum Gasteiger partial charge on any atom is -0.493 e. The molecule has 0 aliphatic heterocycles. The molecule has 0 saturated heterocycles. The molecule has 0 spiro atoms. The van der Waals surface area contributed by atoms with E-state index in [0.717, 1.165) is 60.6 Å². The van der Waals surface area contributed by atoms with Gasteiger partial charge in [-0.3, -0.25) is 0 Å². The Morgan fingerprint density at radius 2 is 1.54 bits per heavy atom. The summed E-state index contributed by atoms with van der Waals surface area (Å²) in [7, 11) is 0. The van der Waals surface area contributed by atoms with Gasteiger partial charge in [-0.05, 0) is 43.7 Å². The molecular formula is C23H33ClO2. The molecule has 1 atom stereocenters. The van der Waals surface area contributed by atoms with Crippen LogP contribution in [0.5, 0.6) is 11.5 Å². The Labute approximate surface area is 163 Å². The minimum absolute atomic E-state index is 0.631. The zero-order valence-corrected chi connectivity index (χ0v) is 17.1. The highest BCUT2D eigenvalue weighted by Gasteiger charge is 2.11. The highest BCUT2D eigenvalue weighted by molar-refractivity contribution is 6.17. The van der Waals surface area contributed by atoms with E-state index in [1.807, 2.05) is 6.07 Å². The molecule has 2 rings (SSSR count). The summed E-state index contributed by atoms with van der Waals surface area (Å²) in [6.45, 7) is 6.02. The first-order valence-corrected chi connectivity index (χ1v) is 10.7. The van der Waals surface area contributed by atoms with Crippen molar-refractivity contribution in [2.45, 2.75) is 58.8 Å². The summed E-state index contributed by atoms with van der Waals surface area (Å²) < 4.78 is 12.2. The zero-order valence-electron chi connectivity index (χ0n) is 16.3. The van der Waals surface area contributed by atoms with Gasteiger partial charge in [-0.15, -0.1) is 11.6 Å². The molecular weight excluding hydrogens is 344 g/mol. The summed E-state index contributed by atoms with van der Waals surface area (Å²) in [6.07, 6.45) is 8.13. The highest BCUT2D eigenvalue weighted by Crippen LogP contribution is 2.33. The van der Waals surface area contributed by atoms with Crippen LogP contribution in [0, 0.1) is 5.92 Å². The Bertz CT molecular complexity index is 641. The van der Waals surface area contributed by atoms with E-state index in [9.17, 15) is 0 Å². The maximum atomic E-state index is 6.21. The fourth-order valence-corrected chi connectivity index (χ4v) is 3.35. The lowest BCUT2D eigenvalue weighted by molar-refractivity contribution is 0.235. The summed E-state index contributed by atoms with van der Waals surface area (Å²) in [6, 6.07) is 12.5. The van der Waals surface area contributed by atoms with Gasteiger partial charge in [-0.25, -0.2) is 0 Å². The SMILES string of the molecule is CCCCC(CC)COc1ccc(OCCCCCCl)c2ccccc12. The lowest BCUT2D eigenvalue weighted by atomic mass is 10.0. The molecule has 2 aromatic rings. The minimum atomic E-state index is 0.631. The Hall–Kier alpha value is -1.41. The third-order valence-corrected chi connectivity index (χ3v) is 5.16. The van der Waals surface area contributed by atoms with Crippen molar-refractivity contribution < 1.29 is 9.47 Å². The van der Waals surface area contributed by atoms with Gasteiger partial charge in [0.25, 0.3) is 0 Å². The van der Waals surface area contributed by atoms with E-state index >= 15 is 0 Å².